The van der Waals surface area contributed by atoms with Crippen LogP contribution < -0.4 is 4.74 Å². The Morgan fingerprint density at radius 2 is 1.86 bits per heavy atom. The lowest BCUT2D eigenvalue weighted by Crippen LogP contribution is -2.09. The van der Waals surface area contributed by atoms with E-state index in [-0.39, 0.29) is 23.3 Å². The summed E-state index contributed by atoms with van der Waals surface area (Å²) in [6.07, 6.45) is 1.76. The number of rotatable bonds is 5. The lowest BCUT2D eigenvalue weighted by Gasteiger charge is -2.22. The minimum Gasteiger partial charge on any atom is -0.481 e. The number of aromatic amines is 1. The first-order chi connectivity index (χ1) is 16.8. The molecule has 0 atom stereocenters. The predicted octanol–water partition coefficient (Wildman–Crippen LogP) is 6.12. The average Bonchev–Trinajstić information content (AvgIpc) is 3.32. The molecule has 0 radical (unpaired) electrons. The van der Waals surface area contributed by atoms with Crippen LogP contribution in [0.1, 0.15) is 41.4 Å². The number of hydrogen-bond acceptors (Lipinski definition) is 5. The quantitative estimate of drug-likeness (QED) is 0.321. The third kappa shape index (κ3) is 3.67. The molecular weight excluding hydrogens is 447 g/mol. The molecule has 5 aromatic rings. The predicted molar refractivity (Wildman–Crippen MR) is 132 cm³/mol. The summed E-state index contributed by atoms with van der Waals surface area (Å²) in [5, 5.41) is 19.0. The molecule has 5 rings (SSSR count). The number of aromatic nitrogens is 4. The highest BCUT2D eigenvalue weighted by molar-refractivity contribution is 6.08. The topological polar surface area (TPSA) is 101 Å². The lowest BCUT2D eigenvalue weighted by atomic mass is 9.85. The molecule has 2 N–H and O–H groups in total. The number of fused-ring (bicyclic) bond motifs is 2. The van der Waals surface area contributed by atoms with Crippen molar-refractivity contribution >= 4 is 27.8 Å². The van der Waals surface area contributed by atoms with Crippen molar-refractivity contribution in [3.8, 4) is 28.3 Å². The van der Waals surface area contributed by atoms with Crippen LogP contribution in [0.4, 0.5) is 4.39 Å². The van der Waals surface area contributed by atoms with Gasteiger partial charge >= 0.3 is 5.97 Å². The fourth-order valence-corrected chi connectivity index (χ4v) is 4.62. The van der Waals surface area contributed by atoms with Crippen molar-refractivity contribution < 1.29 is 19.0 Å². The first kappa shape index (κ1) is 22.5. The molecule has 0 saturated heterocycles. The standard InChI is InChI=1S/C27H23FN4O3/c1-13(2)21-22(15-5-7-17(28)8-6-15)19-11-16-12-29-32-23(16)14(3)24(19)31-25(21)18-9-10-20(35-4)30-26(18)27(33)34/h5-13H,1-4H3,(H,29,32)(H,33,34). The molecule has 0 aliphatic carbocycles. The van der Waals surface area contributed by atoms with Crippen molar-refractivity contribution in [3.05, 3.63) is 71.3 Å². The number of halogens is 1. The number of H-pyrrole nitrogens is 1. The molecule has 0 unspecified atom stereocenters. The molecule has 3 heterocycles. The molecule has 0 amide bonds. The van der Waals surface area contributed by atoms with E-state index in [9.17, 15) is 14.3 Å². The maximum atomic E-state index is 13.9. The van der Waals surface area contributed by atoms with Crippen LogP contribution in [0.3, 0.4) is 0 Å². The van der Waals surface area contributed by atoms with E-state index in [2.05, 4.69) is 15.2 Å². The van der Waals surface area contributed by atoms with Crippen LogP contribution in [0.25, 0.3) is 44.2 Å². The summed E-state index contributed by atoms with van der Waals surface area (Å²) in [6.45, 7) is 6.01. The number of ether oxygens (including phenoxy) is 1. The van der Waals surface area contributed by atoms with E-state index < -0.39 is 5.97 Å². The Balaban J connectivity index is 1.99. The molecule has 176 valence electrons. The summed E-state index contributed by atoms with van der Waals surface area (Å²) in [6, 6.07) is 11.6. The smallest absolute Gasteiger partial charge is 0.355 e. The van der Waals surface area contributed by atoms with Crippen molar-refractivity contribution in [2.24, 2.45) is 0 Å². The van der Waals surface area contributed by atoms with Gasteiger partial charge in [0, 0.05) is 28.0 Å². The van der Waals surface area contributed by atoms with Gasteiger partial charge in [-0.1, -0.05) is 26.0 Å². The van der Waals surface area contributed by atoms with E-state index in [0.29, 0.717) is 16.8 Å². The minimum absolute atomic E-state index is 0.0361. The third-order valence-corrected chi connectivity index (χ3v) is 6.22. The summed E-state index contributed by atoms with van der Waals surface area (Å²) in [5.41, 5.74) is 5.72. The molecular formula is C27H23FN4O3. The van der Waals surface area contributed by atoms with Gasteiger partial charge in [0.2, 0.25) is 5.88 Å². The Morgan fingerprint density at radius 1 is 1.11 bits per heavy atom. The Hall–Kier alpha value is -4.33. The van der Waals surface area contributed by atoms with E-state index in [1.165, 1.54) is 19.2 Å². The first-order valence-electron chi connectivity index (χ1n) is 11.1. The number of nitrogens with zero attached hydrogens (tertiary/aromatic N) is 3. The molecule has 7 nitrogen and oxygen atoms in total. The zero-order valence-electron chi connectivity index (χ0n) is 19.7. The van der Waals surface area contributed by atoms with Gasteiger partial charge in [0.15, 0.2) is 5.69 Å². The van der Waals surface area contributed by atoms with E-state index >= 15 is 0 Å². The van der Waals surface area contributed by atoms with Gasteiger partial charge in [0.1, 0.15) is 5.82 Å². The van der Waals surface area contributed by atoms with Gasteiger partial charge in [-0.25, -0.2) is 19.2 Å². The minimum atomic E-state index is -1.18. The highest BCUT2D eigenvalue weighted by Crippen LogP contribution is 2.43. The molecule has 0 bridgehead atoms. The molecule has 35 heavy (non-hydrogen) atoms. The number of nitrogens with one attached hydrogen (secondary N) is 1. The van der Waals surface area contributed by atoms with E-state index in [0.717, 1.165) is 38.5 Å². The molecule has 0 spiro atoms. The highest BCUT2D eigenvalue weighted by Gasteiger charge is 2.26. The van der Waals surface area contributed by atoms with E-state index in [1.54, 1.807) is 30.5 Å². The number of carboxylic acid groups (broad SMARTS) is 1. The van der Waals surface area contributed by atoms with Crippen LogP contribution in [-0.4, -0.2) is 38.4 Å². The molecule has 0 saturated carbocycles. The fourth-order valence-electron chi connectivity index (χ4n) is 4.62. The number of pyridine rings is 2. The Labute approximate surface area is 200 Å². The monoisotopic (exact) mass is 470 g/mol. The van der Waals surface area contributed by atoms with Crippen molar-refractivity contribution in [2.75, 3.05) is 7.11 Å². The Kier molecular flexibility index (Phi) is 5.43. The zero-order chi connectivity index (χ0) is 24.9. The van der Waals surface area contributed by atoms with Crippen LogP contribution in [0.2, 0.25) is 0 Å². The zero-order valence-corrected chi connectivity index (χ0v) is 19.7. The molecule has 0 aliphatic heterocycles. The fraction of sp³-hybridized carbons (Fsp3) is 0.185. The molecule has 3 aromatic heterocycles. The Bertz CT molecular complexity index is 1610. The number of carboxylic acids is 1. The van der Waals surface area contributed by atoms with Crippen molar-refractivity contribution in [1.82, 2.24) is 20.2 Å². The van der Waals surface area contributed by atoms with E-state index in [1.807, 2.05) is 26.8 Å². The number of benzene rings is 2. The second-order valence-electron chi connectivity index (χ2n) is 8.70. The lowest BCUT2D eigenvalue weighted by molar-refractivity contribution is 0.0690. The molecule has 0 fully saturated rings. The van der Waals surface area contributed by atoms with Crippen LogP contribution in [0.15, 0.2) is 48.7 Å². The normalized spacial score (nSPS) is 11.5. The van der Waals surface area contributed by atoms with Crippen LogP contribution >= 0.6 is 0 Å². The van der Waals surface area contributed by atoms with Gasteiger partial charge in [-0.15, -0.1) is 0 Å². The van der Waals surface area contributed by atoms with Gasteiger partial charge < -0.3 is 9.84 Å². The summed E-state index contributed by atoms with van der Waals surface area (Å²) in [4.78, 5) is 21.4. The van der Waals surface area contributed by atoms with Gasteiger partial charge in [0.05, 0.1) is 30.0 Å². The molecule has 0 aliphatic rings. The first-order valence-corrected chi connectivity index (χ1v) is 11.1. The highest BCUT2D eigenvalue weighted by atomic mass is 19.1. The van der Waals surface area contributed by atoms with Crippen molar-refractivity contribution in [1.29, 1.82) is 0 Å². The van der Waals surface area contributed by atoms with Gasteiger partial charge in [-0.05, 0) is 53.8 Å². The van der Waals surface area contributed by atoms with Gasteiger partial charge in [-0.3, -0.25) is 5.10 Å². The van der Waals surface area contributed by atoms with E-state index in [4.69, 9.17) is 9.72 Å². The third-order valence-electron chi connectivity index (χ3n) is 6.22. The van der Waals surface area contributed by atoms with Crippen LogP contribution in [0.5, 0.6) is 5.88 Å². The Morgan fingerprint density at radius 3 is 2.51 bits per heavy atom. The number of carbonyl (C=O) groups is 1. The maximum absolute atomic E-state index is 13.9. The maximum Gasteiger partial charge on any atom is 0.355 e. The molecule has 8 heteroatoms. The summed E-state index contributed by atoms with van der Waals surface area (Å²) >= 11 is 0. The average molecular weight is 471 g/mol. The summed E-state index contributed by atoms with van der Waals surface area (Å²) in [7, 11) is 1.44. The summed E-state index contributed by atoms with van der Waals surface area (Å²) in [5.74, 6) is -1.35. The number of hydrogen-bond donors (Lipinski definition) is 2. The number of methoxy groups -OCH3 is 1. The SMILES string of the molecule is COc1ccc(-c2nc3c(C)c4[nH]ncc4cc3c(-c3ccc(F)cc3)c2C(C)C)c(C(=O)O)n1. The largest absolute Gasteiger partial charge is 0.481 e. The van der Waals surface area contributed by atoms with Gasteiger partial charge in [0.25, 0.3) is 0 Å². The number of aromatic carboxylic acids is 1. The van der Waals surface area contributed by atoms with Crippen molar-refractivity contribution in [2.45, 2.75) is 26.7 Å². The van der Waals surface area contributed by atoms with Crippen LogP contribution in [-0.2, 0) is 0 Å². The summed E-state index contributed by atoms with van der Waals surface area (Å²) < 4.78 is 19.0. The second-order valence-corrected chi connectivity index (χ2v) is 8.70. The van der Waals surface area contributed by atoms with Gasteiger partial charge in [-0.2, -0.15) is 5.10 Å². The van der Waals surface area contributed by atoms with Crippen LogP contribution in [0, 0.1) is 12.7 Å². The molecule has 2 aromatic carbocycles. The van der Waals surface area contributed by atoms with Crippen molar-refractivity contribution in [3.63, 3.8) is 0 Å². The second kappa shape index (κ2) is 8.47. The number of aryl methyl sites for hydroxylation is 1.